The Kier molecular flexibility index (Phi) is 3.29. The van der Waals surface area contributed by atoms with Gasteiger partial charge in [0.05, 0.1) is 31.0 Å². The van der Waals surface area contributed by atoms with Gasteiger partial charge in [0.1, 0.15) is 6.08 Å². The Hall–Kier alpha value is -0.890. The van der Waals surface area contributed by atoms with Crippen molar-refractivity contribution < 1.29 is 17.0 Å². The van der Waals surface area contributed by atoms with Crippen LogP contribution in [-0.2, 0) is 6.54 Å². The lowest BCUT2D eigenvalue weighted by Crippen LogP contribution is -3.00. The molecule has 1 aromatic carbocycles. The minimum atomic E-state index is 0. The van der Waals surface area contributed by atoms with Gasteiger partial charge in [0.15, 0.2) is 0 Å². The van der Waals surface area contributed by atoms with Crippen LogP contribution in [0.2, 0.25) is 0 Å². The Bertz CT molecular complexity index is 501. The molecule has 0 radical (unpaired) electrons. The summed E-state index contributed by atoms with van der Waals surface area (Å²) in [5.41, 5.74) is 3.78. The van der Waals surface area contributed by atoms with Gasteiger partial charge in [-0.1, -0.05) is 22.0 Å². The van der Waals surface area contributed by atoms with Crippen LogP contribution in [0.1, 0.15) is 11.1 Å². The van der Waals surface area contributed by atoms with E-state index in [2.05, 4.69) is 57.4 Å². The number of allylic oxidation sites excluding steroid dienone is 3. The molecule has 1 nitrogen and oxygen atoms in total. The van der Waals surface area contributed by atoms with Crippen molar-refractivity contribution in [2.75, 3.05) is 0 Å². The molecule has 3 rings (SSSR count). The highest BCUT2D eigenvalue weighted by Gasteiger charge is 2.22. The summed E-state index contributed by atoms with van der Waals surface area (Å²) in [6.07, 6.45) is 11.5. The minimum Gasteiger partial charge on any atom is -1.00 e. The van der Waals surface area contributed by atoms with Crippen LogP contribution in [-0.4, -0.2) is 4.90 Å². The quantitative estimate of drug-likeness (QED) is 0.623. The topological polar surface area (TPSA) is 3.24 Å². The van der Waals surface area contributed by atoms with Crippen molar-refractivity contribution in [2.24, 2.45) is 0 Å². The van der Waals surface area contributed by atoms with E-state index in [4.69, 9.17) is 0 Å². The molecule has 0 atom stereocenters. The lowest BCUT2D eigenvalue weighted by Gasteiger charge is -2.22. The Labute approximate surface area is 114 Å². The van der Waals surface area contributed by atoms with Crippen molar-refractivity contribution in [1.29, 1.82) is 0 Å². The van der Waals surface area contributed by atoms with E-state index in [0.29, 0.717) is 0 Å². The lowest BCUT2D eigenvalue weighted by atomic mass is 10.0. The van der Waals surface area contributed by atoms with Gasteiger partial charge in [0, 0.05) is 10.0 Å². The van der Waals surface area contributed by atoms with Crippen LogP contribution in [0.15, 0.2) is 46.7 Å². The summed E-state index contributed by atoms with van der Waals surface area (Å²) >= 11 is 3.49. The van der Waals surface area contributed by atoms with E-state index in [0.717, 1.165) is 16.7 Å². The highest BCUT2D eigenvalue weighted by atomic mass is 79.9. The van der Waals surface area contributed by atoms with Crippen LogP contribution in [0.5, 0.6) is 0 Å². The molecule has 0 saturated carbocycles. The summed E-state index contributed by atoms with van der Waals surface area (Å²) in [6, 6.07) is 6.41. The standard InChI is InChI=1S/C13H9BrN.BrH/c14-12-5-4-10-9-15-6-2-1-3-13(15)8-11(10)7-12;/h1-2,4-8H,9H2;1H/q+1;/p-1. The predicted octanol–water partition coefficient (Wildman–Crippen LogP) is 0.496. The number of hydrogen-bond acceptors (Lipinski definition) is 1. The molecule has 2 aliphatic rings. The Balaban J connectivity index is 0.000000963. The van der Waals surface area contributed by atoms with Crippen molar-refractivity contribution in [2.45, 2.75) is 6.54 Å². The summed E-state index contributed by atoms with van der Waals surface area (Å²) in [7, 11) is 0. The van der Waals surface area contributed by atoms with Crippen LogP contribution >= 0.6 is 15.9 Å². The lowest BCUT2D eigenvalue weighted by molar-refractivity contribution is -0.00000276. The molecule has 1 aromatic rings. The van der Waals surface area contributed by atoms with Crippen molar-refractivity contribution in [3.63, 3.8) is 0 Å². The van der Waals surface area contributed by atoms with E-state index in [1.165, 1.54) is 11.1 Å². The molecule has 0 bridgehead atoms. The maximum Gasteiger partial charge on any atom is 0.210 e. The van der Waals surface area contributed by atoms with Gasteiger partial charge in [-0.05, 0) is 17.7 Å². The number of rotatable bonds is 0. The van der Waals surface area contributed by atoms with Crippen LogP contribution in [0.4, 0.5) is 0 Å². The maximum atomic E-state index is 3.49. The third-order valence-corrected chi connectivity index (χ3v) is 3.14. The van der Waals surface area contributed by atoms with Crippen molar-refractivity contribution in [3.8, 4) is 0 Å². The third-order valence-electron chi connectivity index (χ3n) is 2.64. The van der Waals surface area contributed by atoms with Gasteiger partial charge >= 0.3 is 0 Å². The summed E-state index contributed by atoms with van der Waals surface area (Å²) < 4.78 is 1.13. The average Bonchev–Trinajstić information content (AvgIpc) is 2.26. The van der Waals surface area contributed by atoms with E-state index in [1.54, 1.807) is 0 Å². The highest BCUT2D eigenvalue weighted by molar-refractivity contribution is 9.10. The molecule has 0 saturated heterocycles. The summed E-state index contributed by atoms with van der Waals surface area (Å²) in [5.74, 6) is 0. The number of hydrogen-bond donors (Lipinski definition) is 0. The molecule has 16 heavy (non-hydrogen) atoms. The fourth-order valence-electron chi connectivity index (χ4n) is 1.88. The monoisotopic (exact) mass is 337 g/mol. The number of halogens is 2. The van der Waals surface area contributed by atoms with Gasteiger partial charge < -0.3 is 21.9 Å². The first kappa shape index (κ1) is 11.6. The third kappa shape index (κ3) is 1.99. The average molecular weight is 339 g/mol. The van der Waals surface area contributed by atoms with Crippen molar-refractivity contribution in [1.82, 2.24) is 4.90 Å². The molecule has 0 fully saturated rings. The first-order valence-electron chi connectivity index (χ1n) is 4.86. The zero-order valence-corrected chi connectivity index (χ0v) is 11.6. The zero-order valence-electron chi connectivity index (χ0n) is 8.45. The fourth-order valence-corrected chi connectivity index (χ4v) is 2.26. The molecule has 0 spiro atoms. The maximum absolute atomic E-state index is 3.49. The first-order valence-corrected chi connectivity index (χ1v) is 5.65. The zero-order chi connectivity index (χ0) is 10.3. The normalized spacial score (nSPS) is 15.6. The van der Waals surface area contributed by atoms with Crippen LogP contribution in [0.25, 0.3) is 6.08 Å². The second-order valence-electron chi connectivity index (χ2n) is 3.65. The van der Waals surface area contributed by atoms with Gasteiger partial charge in [-0.3, -0.25) is 0 Å². The molecular weight excluding hydrogens is 330 g/mol. The van der Waals surface area contributed by atoms with E-state index >= 15 is 0 Å². The second kappa shape index (κ2) is 4.54. The number of benzene rings is 1. The van der Waals surface area contributed by atoms with Gasteiger partial charge in [0.2, 0.25) is 5.70 Å². The number of nitrogens with zero attached hydrogens (tertiary/aromatic N) is 1. The second-order valence-corrected chi connectivity index (χ2v) is 4.57. The molecule has 80 valence electrons. The highest BCUT2D eigenvalue weighted by Crippen LogP contribution is 2.28. The van der Waals surface area contributed by atoms with Gasteiger partial charge in [-0.2, -0.15) is 0 Å². The molecule has 0 aliphatic carbocycles. The Morgan fingerprint density at radius 3 is 3.06 bits per heavy atom. The smallest absolute Gasteiger partial charge is 0.210 e. The van der Waals surface area contributed by atoms with Crippen molar-refractivity contribution in [3.05, 3.63) is 63.9 Å². The predicted molar refractivity (Wildman–Crippen MR) is 64.6 cm³/mol. The molecule has 0 aromatic heterocycles. The van der Waals surface area contributed by atoms with Gasteiger partial charge in [0.25, 0.3) is 0 Å². The van der Waals surface area contributed by atoms with Crippen LogP contribution < -0.4 is 17.0 Å². The summed E-state index contributed by atoms with van der Waals surface area (Å²) in [4.78, 5) is 2.20. The van der Waals surface area contributed by atoms with E-state index < -0.39 is 0 Å². The summed E-state index contributed by atoms with van der Waals surface area (Å²) in [5, 5.41) is 0. The van der Waals surface area contributed by atoms with Crippen LogP contribution in [0, 0.1) is 6.08 Å². The Morgan fingerprint density at radius 2 is 2.19 bits per heavy atom. The fraction of sp³-hybridized carbons (Fsp3) is 0.0769. The molecule has 2 aliphatic heterocycles. The van der Waals surface area contributed by atoms with E-state index in [-0.39, 0.29) is 17.0 Å². The molecule has 3 heteroatoms. The number of fused-ring (bicyclic) bond motifs is 2. The first-order chi connectivity index (χ1) is 7.33. The van der Waals surface area contributed by atoms with Gasteiger partial charge in [-0.25, -0.2) is 0 Å². The largest absolute Gasteiger partial charge is 1.00 e. The minimum absolute atomic E-state index is 0. The molecular formula is C13H9Br2N. The van der Waals surface area contributed by atoms with Crippen molar-refractivity contribution >= 4 is 22.0 Å². The molecule has 0 amide bonds. The van der Waals surface area contributed by atoms with Crippen LogP contribution in [0.3, 0.4) is 0 Å². The molecule has 0 unspecified atom stereocenters. The Morgan fingerprint density at radius 1 is 1.31 bits per heavy atom. The molecule has 0 N–H and O–H groups in total. The van der Waals surface area contributed by atoms with Gasteiger partial charge in [-0.15, -0.1) is 0 Å². The van der Waals surface area contributed by atoms with E-state index in [9.17, 15) is 0 Å². The summed E-state index contributed by atoms with van der Waals surface area (Å²) in [6.45, 7) is 0.936. The molecule has 2 heterocycles. The SMILES string of the molecule is Brc1ccc2c(c1)C=C1[C+]=CC=CN1C2.[Br-]. The van der Waals surface area contributed by atoms with E-state index in [1.807, 2.05) is 12.2 Å².